The maximum atomic E-state index is 14.0. The summed E-state index contributed by atoms with van der Waals surface area (Å²) in [5, 5.41) is 9.17. The number of para-hydroxylation sites is 1. The van der Waals surface area contributed by atoms with Crippen LogP contribution >= 0.6 is 0 Å². The highest BCUT2D eigenvalue weighted by Crippen LogP contribution is 2.36. The van der Waals surface area contributed by atoms with E-state index in [-0.39, 0.29) is 23.5 Å². The van der Waals surface area contributed by atoms with Gasteiger partial charge in [-0.05, 0) is 50.8 Å². The molecule has 1 aliphatic rings. The largest absolute Gasteiger partial charge is 0.487 e. The third-order valence-electron chi connectivity index (χ3n) is 6.45. The fourth-order valence-corrected chi connectivity index (χ4v) is 4.62. The molecule has 0 amide bonds. The molecule has 34 heavy (non-hydrogen) atoms. The molecule has 3 heterocycles. The van der Waals surface area contributed by atoms with E-state index in [1.807, 2.05) is 25.3 Å². The molecule has 0 radical (unpaired) electrons. The minimum atomic E-state index is -0.329. The summed E-state index contributed by atoms with van der Waals surface area (Å²) in [6.07, 6.45) is 6.92. The summed E-state index contributed by atoms with van der Waals surface area (Å²) < 4.78 is 23.6. The van der Waals surface area contributed by atoms with Crippen LogP contribution in [0.1, 0.15) is 38.6 Å². The molecule has 1 fully saturated rings. The van der Waals surface area contributed by atoms with Crippen LogP contribution < -0.4 is 15.6 Å². The Morgan fingerprint density at radius 3 is 2.68 bits per heavy atom. The number of hydrogen-bond donors (Lipinski definition) is 1. The molecule has 1 aliphatic carbocycles. The first-order valence-corrected chi connectivity index (χ1v) is 11.7. The lowest BCUT2D eigenvalue weighted by Gasteiger charge is -2.29. The zero-order valence-corrected chi connectivity index (χ0v) is 19.4. The number of nitrogens with zero attached hydrogens (tertiary/aromatic N) is 4. The molecule has 0 aliphatic heterocycles. The van der Waals surface area contributed by atoms with Crippen LogP contribution in [0.3, 0.4) is 0 Å². The van der Waals surface area contributed by atoms with Gasteiger partial charge in [-0.1, -0.05) is 12.1 Å². The average molecular weight is 462 g/mol. The van der Waals surface area contributed by atoms with E-state index in [9.17, 15) is 9.18 Å². The van der Waals surface area contributed by atoms with Crippen LogP contribution in [0.5, 0.6) is 5.75 Å². The van der Waals surface area contributed by atoms with Gasteiger partial charge in [0.2, 0.25) is 0 Å². The maximum Gasteiger partial charge on any atom is 0.250 e. The van der Waals surface area contributed by atoms with Gasteiger partial charge in [-0.25, -0.2) is 9.37 Å². The number of nitrogens with one attached hydrogen (secondary N) is 1. The summed E-state index contributed by atoms with van der Waals surface area (Å²) in [6, 6.07) is 12.3. The van der Waals surface area contributed by atoms with E-state index < -0.39 is 0 Å². The molecule has 0 spiro atoms. The van der Waals surface area contributed by atoms with E-state index in [4.69, 9.17) is 9.84 Å². The quantitative estimate of drug-likeness (QED) is 0.441. The van der Waals surface area contributed by atoms with Crippen molar-refractivity contribution in [2.24, 2.45) is 7.05 Å². The Labute approximate surface area is 197 Å². The van der Waals surface area contributed by atoms with Crippen LogP contribution in [-0.4, -0.2) is 32.0 Å². The summed E-state index contributed by atoms with van der Waals surface area (Å²) in [7, 11) is 1.73. The van der Waals surface area contributed by atoms with Crippen molar-refractivity contribution in [1.82, 2.24) is 19.3 Å². The van der Waals surface area contributed by atoms with Crippen molar-refractivity contribution >= 4 is 16.7 Å². The Kier molecular flexibility index (Phi) is 6.04. The van der Waals surface area contributed by atoms with Gasteiger partial charge in [0.25, 0.3) is 5.56 Å². The molecule has 5 rings (SSSR count). The average Bonchev–Trinajstić information content (AvgIpc) is 3.22. The fourth-order valence-electron chi connectivity index (χ4n) is 4.62. The molecule has 7 nitrogen and oxygen atoms in total. The zero-order chi connectivity index (χ0) is 23.7. The predicted molar refractivity (Wildman–Crippen MR) is 131 cm³/mol. The molecule has 4 aromatic rings. The molecule has 0 bridgehead atoms. The number of fused-ring (bicyclic) bond motifs is 1. The summed E-state index contributed by atoms with van der Waals surface area (Å²) in [4.78, 5) is 16.8. The Balaban J connectivity index is 1.45. The highest BCUT2D eigenvalue weighted by atomic mass is 19.1. The molecule has 176 valence electrons. The first-order valence-electron chi connectivity index (χ1n) is 11.7. The fraction of sp³-hybridized carbons (Fsp3) is 0.346. The molecule has 0 unspecified atom stereocenters. The Morgan fingerprint density at radius 1 is 1.15 bits per heavy atom. The van der Waals surface area contributed by atoms with Gasteiger partial charge in [0.1, 0.15) is 11.5 Å². The van der Waals surface area contributed by atoms with Crippen molar-refractivity contribution < 1.29 is 9.13 Å². The molecular formula is C26H28FN5O2. The van der Waals surface area contributed by atoms with Gasteiger partial charge >= 0.3 is 0 Å². The van der Waals surface area contributed by atoms with Crippen LogP contribution in [0.15, 0.2) is 59.7 Å². The third kappa shape index (κ3) is 4.27. The smallest absolute Gasteiger partial charge is 0.250 e. The highest BCUT2D eigenvalue weighted by molar-refractivity contribution is 5.93. The van der Waals surface area contributed by atoms with Gasteiger partial charge in [-0.15, -0.1) is 0 Å². The zero-order valence-electron chi connectivity index (χ0n) is 19.4. The standard InChI is InChI=1S/C26H28FN5O2/c1-3-28-24-15-22-20(16-29-24)26(17-12-13-31(2)25(33)14-17)30-32(22)18-8-10-19(11-9-18)34-23-7-5-4-6-21(23)27/h4-7,12-16,18-19H,3,8-11H2,1-2H3,(H,28,29). The van der Waals surface area contributed by atoms with E-state index >= 15 is 0 Å². The number of aromatic nitrogens is 4. The lowest BCUT2D eigenvalue weighted by molar-refractivity contribution is 0.126. The number of hydrogen-bond acceptors (Lipinski definition) is 5. The Morgan fingerprint density at radius 2 is 1.94 bits per heavy atom. The van der Waals surface area contributed by atoms with Crippen molar-refractivity contribution in [3.8, 4) is 17.0 Å². The van der Waals surface area contributed by atoms with Crippen molar-refractivity contribution in [2.75, 3.05) is 11.9 Å². The maximum absolute atomic E-state index is 14.0. The van der Waals surface area contributed by atoms with Gasteiger partial charge in [-0.2, -0.15) is 5.10 Å². The minimum absolute atomic E-state index is 0.0226. The normalized spacial score (nSPS) is 18.2. The second-order valence-electron chi connectivity index (χ2n) is 8.75. The first-order chi connectivity index (χ1) is 16.5. The van der Waals surface area contributed by atoms with Crippen LogP contribution in [-0.2, 0) is 7.05 Å². The lowest BCUT2D eigenvalue weighted by Crippen LogP contribution is -2.26. The molecular weight excluding hydrogens is 433 g/mol. The molecule has 0 saturated heterocycles. The SMILES string of the molecule is CCNc1cc2c(cn1)c(-c1ccn(C)c(=O)c1)nn2C1CCC(Oc2ccccc2F)CC1. The van der Waals surface area contributed by atoms with Gasteiger partial charge in [-0.3, -0.25) is 9.48 Å². The van der Waals surface area contributed by atoms with Crippen molar-refractivity contribution in [1.29, 1.82) is 0 Å². The van der Waals surface area contributed by atoms with E-state index in [0.717, 1.165) is 60.2 Å². The van der Waals surface area contributed by atoms with E-state index in [1.54, 1.807) is 42.1 Å². The molecule has 8 heteroatoms. The summed E-state index contributed by atoms with van der Waals surface area (Å²) in [6.45, 7) is 2.80. The summed E-state index contributed by atoms with van der Waals surface area (Å²) in [5.74, 6) is 0.776. The minimum Gasteiger partial charge on any atom is -0.487 e. The third-order valence-corrected chi connectivity index (χ3v) is 6.45. The predicted octanol–water partition coefficient (Wildman–Crippen LogP) is 4.93. The highest BCUT2D eigenvalue weighted by Gasteiger charge is 2.27. The molecule has 3 aromatic heterocycles. The second kappa shape index (κ2) is 9.29. The van der Waals surface area contributed by atoms with Crippen LogP contribution in [0.4, 0.5) is 10.2 Å². The van der Waals surface area contributed by atoms with Crippen molar-refractivity contribution in [3.05, 3.63) is 71.0 Å². The van der Waals surface area contributed by atoms with Crippen LogP contribution in [0.25, 0.3) is 22.2 Å². The Bertz CT molecular complexity index is 1370. The van der Waals surface area contributed by atoms with Crippen molar-refractivity contribution in [3.63, 3.8) is 0 Å². The molecule has 1 aromatic carbocycles. The number of aryl methyl sites for hydroxylation is 1. The molecule has 0 atom stereocenters. The van der Waals surface area contributed by atoms with Gasteiger partial charge in [0.15, 0.2) is 11.6 Å². The monoisotopic (exact) mass is 461 g/mol. The van der Waals surface area contributed by atoms with Crippen LogP contribution in [0.2, 0.25) is 0 Å². The van der Waals surface area contributed by atoms with E-state index in [1.165, 1.54) is 6.07 Å². The molecule has 1 saturated carbocycles. The number of anilines is 1. The number of rotatable bonds is 6. The van der Waals surface area contributed by atoms with Gasteiger partial charge in [0.05, 0.1) is 17.7 Å². The summed E-state index contributed by atoms with van der Waals surface area (Å²) in [5.41, 5.74) is 2.44. The van der Waals surface area contributed by atoms with Gasteiger partial charge in [0, 0.05) is 49.1 Å². The number of halogens is 1. The van der Waals surface area contributed by atoms with Gasteiger partial charge < -0.3 is 14.6 Å². The number of pyridine rings is 2. The van der Waals surface area contributed by atoms with Crippen molar-refractivity contribution in [2.45, 2.75) is 44.8 Å². The Hall–Kier alpha value is -3.68. The molecule has 1 N–H and O–H groups in total. The summed E-state index contributed by atoms with van der Waals surface area (Å²) >= 11 is 0. The number of ether oxygens (including phenoxy) is 1. The topological polar surface area (TPSA) is 74.0 Å². The van der Waals surface area contributed by atoms with E-state index in [0.29, 0.717) is 5.75 Å². The van der Waals surface area contributed by atoms with Crippen LogP contribution in [0, 0.1) is 5.82 Å². The second-order valence-corrected chi connectivity index (χ2v) is 8.75. The lowest BCUT2D eigenvalue weighted by atomic mass is 9.93. The number of benzene rings is 1. The first kappa shape index (κ1) is 22.1. The van der Waals surface area contributed by atoms with E-state index in [2.05, 4.69) is 15.0 Å².